The van der Waals surface area contributed by atoms with E-state index in [2.05, 4.69) is 43.6 Å². The van der Waals surface area contributed by atoms with Gasteiger partial charge in [-0.3, -0.25) is 4.79 Å². The zero-order valence-corrected chi connectivity index (χ0v) is 13.1. The van der Waals surface area contributed by atoms with Crippen molar-refractivity contribution >= 4 is 33.5 Å². The zero-order chi connectivity index (χ0) is 15.2. The Balaban J connectivity index is 2.21. The second-order valence-electron chi connectivity index (χ2n) is 4.44. The standard InChI is InChI=1S/C14H16BrN5O/c1-2-3-11-6-9(7-13(18-11)20-16)14(21)19-12-5-4-10(15)8-17-12/h4-8H,2-3,16H2,1H3,(H,18,20)(H,17,19,21). The lowest BCUT2D eigenvalue weighted by Gasteiger charge is -2.08. The van der Waals surface area contributed by atoms with Crippen LogP contribution in [0.2, 0.25) is 0 Å². The van der Waals surface area contributed by atoms with E-state index < -0.39 is 0 Å². The monoisotopic (exact) mass is 349 g/mol. The van der Waals surface area contributed by atoms with Crippen molar-refractivity contribution in [3.8, 4) is 0 Å². The number of halogens is 1. The van der Waals surface area contributed by atoms with Gasteiger partial charge in [0.1, 0.15) is 11.6 Å². The van der Waals surface area contributed by atoms with Gasteiger partial charge in [-0.2, -0.15) is 0 Å². The smallest absolute Gasteiger partial charge is 0.257 e. The van der Waals surface area contributed by atoms with Crippen LogP contribution in [0.25, 0.3) is 0 Å². The molecule has 0 bridgehead atoms. The zero-order valence-electron chi connectivity index (χ0n) is 11.6. The fourth-order valence-corrected chi connectivity index (χ4v) is 2.05. The number of nitrogens with zero attached hydrogens (tertiary/aromatic N) is 2. The predicted molar refractivity (Wildman–Crippen MR) is 85.9 cm³/mol. The Morgan fingerprint density at radius 2 is 2.14 bits per heavy atom. The average molecular weight is 350 g/mol. The maximum absolute atomic E-state index is 12.3. The number of aryl methyl sites for hydroxylation is 1. The number of carbonyl (C=O) groups is 1. The number of nitrogen functional groups attached to an aromatic ring is 1. The first-order valence-corrected chi connectivity index (χ1v) is 7.32. The van der Waals surface area contributed by atoms with Gasteiger partial charge in [-0.25, -0.2) is 15.8 Å². The van der Waals surface area contributed by atoms with E-state index in [1.165, 1.54) is 0 Å². The Kier molecular flexibility index (Phi) is 5.24. The molecule has 21 heavy (non-hydrogen) atoms. The Morgan fingerprint density at radius 3 is 2.76 bits per heavy atom. The maximum Gasteiger partial charge on any atom is 0.257 e. The van der Waals surface area contributed by atoms with Crippen LogP contribution in [-0.2, 0) is 6.42 Å². The largest absolute Gasteiger partial charge is 0.308 e. The Hall–Kier alpha value is -1.99. The molecule has 2 aromatic heterocycles. The van der Waals surface area contributed by atoms with E-state index in [1.54, 1.807) is 24.4 Å². The van der Waals surface area contributed by atoms with Gasteiger partial charge in [-0.15, -0.1) is 0 Å². The van der Waals surface area contributed by atoms with Crippen molar-refractivity contribution in [3.63, 3.8) is 0 Å². The molecule has 0 saturated carbocycles. The van der Waals surface area contributed by atoms with Crippen LogP contribution < -0.4 is 16.6 Å². The molecule has 0 aliphatic rings. The molecule has 0 atom stereocenters. The van der Waals surface area contributed by atoms with E-state index >= 15 is 0 Å². The number of hydrogen-bond acceptors (Lipinski definition) is 5. The van der Waals surface area contributed by atoms with Crippen LogP contribution in [0.1, 0.15) is 29.4 Å². The number of aromatic nitrogens is 2. The minimum absolute atomic E-state index is 0.249. The van der Waals surface area contributed by atoms with Gasteiger partial charge in [-0.05, 0) is 46.6 Å². The van der Waals surface area contributed by atoms with Crippen molar-refractivity contribution in [2.45, 2.75) is 19.8 Å². The van der Waals surface area contributed by atoms with Crippen LogP contribution in [0, 0.1) is 0 Å². The molecule has 110 valence electrons. The summed E-state index contributed by atoms with van der Waals surface area (Å²) in [6.45, 7) is 2.05. The SMILES string of the molecule is CCCc1cc(C(=O)Nc2ccc(Br)cn2)cc(NN)n1. The fourth-order valence-electron chi connectivity index (χ4n) is 1.82. The molecular formula is C14H16BrN5O. The summed E-state index contributed by atoms with van der Waals surface area (Å²) in [6.07, 6.45) is 3.35. The van der Waals surface area contributed by atoms with E-state index in [4.69, 9.17) is 5.84 Å². The molecule has 7 heteroatoms. The van der Waals surface area contributed by atoms with Crippen molar-refractivity contribution in [1.82, 2.24) is 9.97 Å². The van der Waals surface area contributed by atoms with Gasteiger partial charge in [0.25, 0.3) is 5.91 Å². The van der Waals surface area contributed by atoms with Crippen molar-refractivity contribution in [2.24, 2.45) is 5.84 Å². The first kappa shape index (κ1) is 15.4. The number of nitrogens with one attached hydrogen (secondary N) is 2. The molecule has 0 aliphatic carbocycles. The molecular weight excluding hydrogens is 334 g/mol. The van der Waals surface area contributed by atoms with E-state index in [0.717, 1.165) is 23.0 Å². The summed E-state index contributed by atoms with van der Waals surface area (Å²) in [7, 11) is 0. The molecule has 6 nitrogen and oxygen atoms in total. The van der Waals surface area contributed by atoms with E-state index in [1.807, 2.05) is 6.07 Å². The van der Waals surface area contributed by atoms with Gasteiger partial charge < -0.3 is 10.7 Å². The Labute approximate surface area is 131 Å². The molecule has 2 heterocycles. The first-order valence-electron chi connectivity index (χ1n) is 6.53. The van der Waals surface area contributed by atoms with Crippen molar-refractivity contribution in [1.29, 1.82) is 0 Å². The summed E-state index contributed by atoms with van der Waals surface area (Å²) in [5.41, 5.74) is 3.79. The molecule has 0 aliphatic heterocycles. The number of anilines is 2. The van der Waals surface area contributed by atoms with E-state index in [0.29, 0.717) is 17.2 Å². The van der Waals surface area contributed by atoms with Crippen LogP contribution in [0.3, 0.4) is 0 Å². The summed E-state index contributed by atoms with van der Waals surface area (Å²) in [6, 6.07) is 6.90. The van der Waals surface area contributed by atoms with Crippen LogP contribution in [0.15, 0.2) is 34.9 Å². The second kappa shape index (κ2) is 7.14. The van der Waals surface area contributed by atoms with E-state index in [9.17, 15) is 4.79 Å². The lowest BCUT2D eigenvalue weighted by molar-refractivity contribution is 0.102. The maximum atomic E-state index is 12.3. The van der Waals surface area contributed by atoms with Crippen LogP contribution >= 0.6 is 15.9 Å². The highest BCUT2D eigenvalue weighted by molar-refractivity contribution is 9.10. The summed E-state index contributed by atoms with van der Waals surface area (Å²) in [4.78, 5) is 20.7. The van der Waals surface area contributed by atoms with Gasteiger partial charge >= 0.3 is 0 Å². The summed E-state index contributed by atoms with van der Waals surface area (Å²) < 4.78 is 0.851. The number of amides is 1. The third kappa shape index (κ3) is 4.24. The minimum Gasteiger partial charge on any atom is -0.308 e. The van der Waals surface area contributed by atoms with Gasteiger partial charge in [-0.1, -0.05) is 13.3 Å². The quantitative estimate of drug-likeness (QED) is 0.570. The molecule has 2 aromatic rings. The lowest BCUT2D eigenvalue weighted by Crippen LogP contribution is -2.16. The number of pyridine rings is 2. The number of carbonyl (C=O) groups excluding carboxylic acids is 1. The Morgan fingerprint density at radius 1 is 1.33 bits per heavy atom. The summed E-state index contributed by atoms with van der Waals surface area (Å²) >= 11 is 3.30. The third-order valence-electron chi connectivity index (χ3n) is 2.76. The second-order valence-corrected chi connectivity index (χ2v) is 5.36. The molecule has 4 N–H and O–H groups in total. The molecule has 0 aromatic carbocycles. The highest BCUT2D eigenvalue weighted by atomic mass is 79.9. The topological polar surface area (TPSA) is 92.9 Å². The van der Waals surface area contributed by atoms with Gasteiger partial charge in [0.15, 0.2) is 0 Å². The molecule has 1 amide bonds. The van der Waals surface area contributed by atoms with Crippen molar-refractivity contribution in [2.75, 3.05) is 10.7 Å². The molecule has 0 saturated heterocycles. The van der Waals surface area contributed by atoms with Crippen molar-refractivity contribution < 1.29 is 4.79 Å². The Bertz CT molecular complexity index is 630. The minimum atomic E-state index is -0.249. The normalized spacial score (nSPS) is 10.2. The van der Waals surface area contributed by atoms with E-state index in [-0.39, 0.29) is 5.91 Å². The van der Waals surface area contributed by atoms with Crippen molar-refractivity contribution in [3.05, 3.63) is 46.2 Å². The van der Waals surface area contributed by atoms with Crippen LogP contribution in [-0.4, -0.2) is 15.9 Å². The molecule has 0 unspecified atom stereocenters. The number of nitrogens with two attached hydrogens (primary N) is 1. The predicted octanol–water partition coefficient (Wildman–Crippen LogP) is 2.73. The third-order valence-corrected chi connectivity index (χ3v) is 3.23. The molecule has 0 spiro atoms. The number of hydrazine groups is 1. The van der Waals surface area contributed by atoms with Crippen LogP contribution in [0.4, 0.5) is 11.6 Å². The number of rotatable bonds is 5. The summed E-state index contributed by atoms with van der Waals surface area (Å²) in [5.74, 6) is 6.10. The molecule has 0 fully saturated rings. The van der Waals surface area contributed by atoms with Crippen LogP contribution in [0.5, 0.6) is 0 Å². The highest BCUT2D eigenvalue weighted by Crippen LogP contribution is 2.15. The highest BCUT2D eigenvalue weighted by Gasteiger charge is 2.10. The average Bonchev–Trinajstić information content (AvgIpc) is 2.49. The summed E-state index contributed by atoms with van der Waals surface area (Å²) in [5, 5.41) is 2.74. The van der Waals surface area contributed by atoms with Gasteiger partial charge in [0, 0.05) is 21.9 Å². The number of hydrogen-bond donors (Lipinski definition) is 3. The fraction of sp³-hybridized carbons (Fsp3) is 0.214. The molecule has 0 radical (unpaired) electrons. The molecule has 2 rings (SSSR count). The van der Waals surface area contributed by atoms with Gasteiger partial charge in [0.05, 0.1) is 0 Å². The first-order chi connectivity index (χ1) is 10.1. The lowest BCUT2D eigenvalue weighted by atomic mass is 10.1. The van der Waals surface area contributed by atoms with Gasteiger partial charge in [0.2, 0.25) is 0 Å².